The number of urea groups is 1. The number of aryl methyl sites for hydroxylation is 1. The van der Waals surface area contributed by atoms with Gasteiger partial charge in [0.25, 0.3) is 0 Å². The number of nitrogens with one attached hydrogen (secondary N) is 1. The Hall–Kier alpha value is -1.62. The molecule has 1 N–H and O–H groups in total. The minimum absolute atomic E-state index is 0.154. The van der Waals surface area contributed by atoms with Crippen LogP contribution in [0.4, 0.5) is 10.6 Å². The summed E-state index contributed by atoms with van der Waals surface area (Å²) in [4.78, 5) is 17.6. The number of methoxy groups -OCH3 is 1. The van der Waals surface area contributed by atoms with Crippen LogP contribution in [0.5, 0.6) is 0 Å². The highest BCUT2D eigenvalue weighted by Gasteiger charge is 2.08. The molecule has 1 aromatic rings. The summed E-state index contributed by atoms with van der Waals surface area (Å²) in [7, 11) is 3.40. The first-order valence-electron chi connectivity index (χ1n) is 5.58. The largest absolute Gasteiger partial charge is 0.385 e. The average Bonchev–Trinajstić information content (AvgIpc) is 2.29. The van der Waals surface area contributed by atoms with Crippen LogP contribution in [-0.2, 0) is 4.74 Å². The minimum Gasteiger partial charge on any atom is -0.385 e. The summed E-state index contributed by atoms with van der Waals surface area (Å²) in [6, 6.07) is 5.37. The van der Waals surface area contributed by atoms with Crippen LogP contribution >= 0.6 is 0 Å². The van der Waals surface area contributed by atoms with E-state index >= 15 is 0 Å². The minimum atomic E-state index is -0.154. The van der Waals surface area contributed by atoms with Crippen LogP contribution in [-0.4, -0.2) is 43.2 Å². The van der Waals surface area contributed by atoms with Gasteiger partial charge in [0.05, 0.1) is 0 Å². The molecule has 0 aliphatic carbocycles. The van der Waals surface area contributed by atoms with E-state index in [0.717, 1.165) is 12.1 Å². The second-order valence-electron chi connectivity index (χ2n) is 3.86. The van der Waals surface area contributed by atoms with Gasteiger partial charge < -0.3 is 9.64 Å². The van der Waals surface area contributed by atoms with E-state index in [9.17, 15) is 4.79 Å². The molecule has 1 aromatic heterocycles. The number of pyridine rings is 1. The number of hydrogen-bond donors (Lipinski definition) is 1. The number of carbonyl (C=O) groups excluding carboxylic acids is 1. The zero-order valence-corrected chi connectivity index (χ0v) is 10.6. The molecule has 5 heteroatoms. The Bertz CT molecular complexity index is 369. The van der Waals surface area contributed by atoms with Crippen molar-refractivity contribution in [3.05, 3.63) is 23.9 Å². The number of amides is 2. The van der Waals surface area contributed by atoms with Crippen LogP contribution in [0.2, 0.25) is 0 Å². The van der Waals surface area contributed by atoms with Crippen molar-refractivity contribution in [2.45, 2.75) is 13.3 Å². The molecule has 5 nitrogen and oxygen atoms in total. The molecule has 1 rings (SSSR count). The number of nitrogens with zero attached hydrogens (tertiary/aromatic N) is 2. The summed E-state index contributed by atoms with van der Waals surface area (Å²) in [6.45, 7) is 3.20. The van der Waals surface area contributed by atoms with Crippen molar-refractivity contribution in [2.24, 2.45) is 0 Å². The maximum Gasteiger partial charge on any atom is 0.322 e. The van der Waals surface area contributed by atoms with E-state index in [1.54, 1.807) is 25.1 Å². The molecule has 0 aromatic carbocycles. The number of ether oxygens (including phenoxy) is 1. The molecule has 0 radical (unpaired) electrons. The van der Waals surface area contributed by atoms with Crippen LogP contribution < -0.4 is 5.32 Å². The van der Waals surface area contributed by atoms with Crippen molar-refractivity contribution in [2.75, 3.05) is 32.6 Å². The standard InChI is InChI=1S/C12H19N3O2/c1-10-6-4-7-11(13-10)14-12(16)15(2)8-5-9-17-3/h4,6-7H,5,8-9H2,1-3H3,(H,13,14,16). The lowest BCUT2D eigenvalue weighted by Gasteiger charge is -2.17. The van der Waals surface area contributed by atoms with Gasteiger partial charge in [-0.25, -0.2) is 9.78 Å². The Labute approximate surface area is 102 Å². The molecule has 0 spiro atoms. The third-order valence-electron chi connectivity index (χ3n) is 2.31. The molecule has 17 heavy (non-hydrogen) atoms. The molecule has 0 aliphatic rings. The summed E-state index contributed by atoms with van der Waals surface area (Å²) in [5, 5.41) is 2.74. The predicted octanol–water partition coefficient (Wildman–Crippen LogP) is 1.89. The molecular weight excluding hydrogens is 218 g/mol. The van der Waals surface area contributed by atoms with Gasteiger partial charge in [-0.3, -0.25) is 5.32 Å². The summed E-state index contributed by atoms with van der Waals surface area (Å²) in [6.07, 6.45) is 0.821. The zero-order chi connectivity index (χ0) is 12.7. The van der Waals surface area contributed by atoms with Gasteiger partial charge in [0.1, 0.15) is 5.82 Å². The Morgan fingerprint density at radius 1 is 1.53 bits per heavy atom. The second-order valence-corrected chi connectivity index (χ2v) is 3.86. The summed E-state index contributed by atoms with van der Waals surface area (Å²) in [5.74, 6) is 0.577. The Morgan fingerprint density at radius 3 is 2.94 bits per heavy atom. The maximum atomic E-state index is 11.8. The first kappa shape index (κ1) is 13.4. The van der Waals surface area contributed by atoms with Crippen LogP contribution in [0.25, 0.3) is 0 Å². The number of hydrogen-bond acceptors (Lipinski definition) is 3. The topological polar surface area (TPSA) is 54.5 Å². The van der Waals surface area contributed by atoms with Gasteiger partial charge >= 0.3 is 6.03 Å². The van der Waals surface area contributed by atoms with Crippen LogP contribution in [0.3, 0.4) is 0 Å². The molecular formula is C12H19N3O2. The van der Waals surface area contributed by atoms with Gasteiger partial charge in [-0.05, 0) is 25.5 Å². The van der Waals surface area contributed by atoms with E-state index in [1.165, 1.54) is 0 Å². The fraction of sp³-hybridized carbons (Fsp3) is 0.500. The van der Waals surface area contributed by atoms with Gasteiger partial charge in [0.2, 0.25) is 0 Å². The smallest absolute Gasteiger partial charge is 0.322 e. The van der Waals surface area contributed by atoms with Crippen molar-refractivity contribution >= 4 is 11.8 Å². The van der Waals surface area contributed by atoms with Crippen molar-refractivity contribution in [3.8, 4) is 0 Å². The Balaban J connectivity index is 2.43. The molecule has 1 heterocycles. The summed E-state index contributed by atoms with van der Waals surface area (Å²) in [5.41, 5.74) is 0.879. The van der Waals surface area contributed by atoms with Crippen LogP contribution in [0.15, 0.2) is 18.2 Å². The predicted molar refractivity (Wildman–Crippen MR) is 67.1 cm³/mol. The van der Waals surface area contributed by atoms with Crippen molar-refractivity contribution in [1.29, 1.82) is 0 Å². The molecule has 0 saturated heterocycles. The molecule has 0 fully saturated rings. The number of rotatable bonds is 5. The quantitative estimate of drug-likeness (QED) is 0.796. The zero-order valence-electron chi connectivity index (χ0n) is 10.6. The Morgan fingerprint density at radius 2 is 2.29 bits per heavy atom. The first-order valence-corrected chi connectivity index (χ1v) is 5.58. The van der Waals surface area contributed by atoms with Crippen molar-refractivity contribution in [3.63, 3.8) is 0 Å². The number of carbonyl (C=O) groups is 1. The third-order valence-corrected chi connectivity index (χ3v) is 2.31. The SMILES string of the molecule is COCCCN(C)C(=O)Nc1cccc(C)n1. The summed E-state index contributed by atoms with van der Waals surface area (Å²) >= 11 is 0. The van der Waals surface area contributed by atoms with Crippen molar-refractivity contribution < 1.29 is 9.53 Å². The number of aromatic nitrogens is 1. The Kier molecular flexibility index (Phi) is 5.42. The van der Waals surface area contributed by atoms with Gasteiger partial charge in [0.15, 0.2) is 0 Å². The number of anilines is 1. The van der Waals surface area contributed by atoms with E-state index in [4.69, 9.17) is 4.74 Å². The normalized spacial score (nSPS) is 10.1. The fourth-order valence-electron chi connectivity index (χ4n) is 1.37. The van der Waals surface area contributed by atoms with E-state index in [-0.39, 0.29) is 6.03 Å². The van der Waals surface area contributed by atoms with E-state index in [0.29, 0.717) is 19.0 Å². The second kappa shape index (κ2) is 6.85. The first-order chi connectivity index (χ1) is 8.13. The lowest BCUT2D eigenvalue weighted by Crippen LogP contribution is -2.32. The lowest BCUT2D eigenvalue weighted by atomic mass is 10.4. The average molecular weight is 237 g/mol. The highest BCUT2D eigenvalue weighted by Crippen LogP contribution is 2.04. The lowest BCUT2D eigenvalue weighted by molar-refractivity contribution is 0.179. The van der Waals surface area contributed by atoms with Gasteiger partial charge in [-0.1, -0.05) is 6.07 Å². The van der Waals surface area contributed by atoms with Gasteiger partial charge in [-0.15, -0.1) is 0 Å². The molecule has 0 bridgehead atoms. The van der Waals surface area contributed by atoms with E-state index in [2.05, 4.69) is 10.3 Å². The molecule has 94 valence electrons. The highest BCUT2D eigenvalue weighted by atomic mass is 16.5. The third kappa shape index (κ3) is 4.82. The van der Waals surface area contributed by atoms with E-state index < -0.39 is 0 Å². The fourth-order valence-corrected chi connectivity index (χ4v) is 1.37. The van der Waals surface area contributed by atoms with Crippen LogP contribution in [0.1, 0.15) is 12.1 Å². The molecule has 0 saturated carbocycles. The molecule has 0 aliphatic heterocycles. The molecule has 0 atom stereocenters. The maximum absolute atomic E-state index is 11.8. The van der Waals surface area contributed by atoms with Gasteiger partial charge in [-0.2, -0.15) is 0 Å². The summed E-state index contributed by atoms with van der Waals surface area (Å²) < 4.78 is 4.94. The molecule has 0 unspecified atom stereocenters. The van der Waals surface area contributed by atoms with E-state index in [1.807, 2.05) is 19.1 Å². The van der Waals surface area contributed by atoms with Gasteiger partial charge in [0, 0.05) is 33.0 Å². The monoisotopic (exact) mass is 237 g/mol. The van der Waals surface area contributed by atoms with Crippen LogP contribution in [0, 0.1) is 6.92 Å². The molecule has 2 amide bonds. The van der Waals surface area contributed by atoms with Crippen molar-refractivity contribution in [1.82, 2.24) is 9.88 Å². The highest BCUT2D eigenvalue weighted by molar-refractivity contribution is 5.88.